The van der Waals surface area contributed by atoms with Crippen LogP contribution in [-0.2, 0) is 0 Å². The molecule has 0 aliphatic carbocycles. The fourth-order valence-corrected chi connectivity index (χ4v) is 3.32. The average Bonchev–Trinajstić information content (AvgIpc) is 2.39. The van der Waals surface area contributed by atoms with Gasteiger partial charge in [-0.05, 0) is 64.3 Å². The summed E-state index contributed by atoms with van der Waals surface area (Å²) in [5.41, 5.74) is 2.86. The standard InChI is InChI=1S/C17H28N2/c1-4-10-18-13-16-9-6-11-19(3)17(16)15-8-5-7-14(2)12-15/h5,7-8,12,16-18H,4,6,9-11,13H2,1-3H3. The molecule has 1 aromatic rings. The number of aryl methyl sites for hydroxylation is 1. The Morgan fingerprint density at radius 3 is 2.95 bits per heavy atom. The van der Waals surface area contributed by atoms with Gasteiger partial charge in [-0.25, -0.2) is 0 Å². The van der Waals surface area contributed by atoms with Crippen LogP contribution >= 0.6 is 0 Å². The smallest absolute Gasteiger partial charge is 0.0385 e. The van der Waals surface area contributed by atoms with Crippen LogP contribution in [0, 0.1) is 12.8 Å². The van der Waals surface area contributed by atoms with E-state index >= 15 is 0 Å². The lowest BCUT2D eigenvalue weighted by Crippen LogP contribution is -2.40. The lowest BCUT2D eigenvalue weighted by Gasteiger charge is -2.40. The topological polar surface area (TPSA) is 15.3 Å². The Morgan fingerprint density at radius 1 is 1.37 bits per heavy atom. The highest BCUT2D eigenvalue weighted by atomic mass is 15.1. The zero-order valence-corrected chi connectivity index (χ0v) is 12.7. The Morgan fingerprint density at radius 2 is 2.21 bits per heavy atom. The van der Waals surface area contributed by atoms with E-state index in [2.05, 4.69) is 55.4 Å². The van der Waals surface area contributed by atoms with E-state index in [0.29, 0.717) is 6.04 Å². The zero-order valence-electron chi connectivity index (χ0n) is 12.7. The van der Waals surface area contributed by atoms with Crippen LogP contribution < -0.4 is 5.32 Å². The third-order valence-corrected chi connectivity index (χ3v) is 4.22. The second kappa shape index (κ2) is 7.06. The minimum absolute atomic E-state index is 0.581. The van der Waals surface area contributed by atoms with Gasteiger partial charge in [0.15, 0.2) is 0 Å². The van der Waals surface area contributed by atoms with Gasteiger partial charge < -0.3 is 5.32 Å². The van der Waals surface area contributed by atoms with Crippen LogP contribution in [0.5, 0.6) is 0 Å². The van der Waals surface area contributed by atoms with Crippen molar-refractivity contribution >= 4 is 0 Å². The highest BCUT2D eigenvalue weighted by Crippen LogP contribution is 2.34. The lowest BCUT2D eigenvalue weighted by molar-refractivity contribution is 0.119. The predicted molar refractivity (Wildman–Crippen MR) is 82.4 cm³/mol. The molecule has 1 heterocycles. The predicted octanol–water partition coefficient (Wildman–Crippen LogP) is 3.38. The summed E-state index contributed by atoms with van der Waals surface area (Å²) in [5, 5.41) is 3.61. The third-order valence-electron chi connectivity index (χ3n) is 4.22. The van der Waals surface area contributed by atoms with Crippen molar-refractivity contribution in [3.8, 4) is 0 Å². The van der Waals surface area contributed by atoms with Gasteiger partial charge in [-0.2, -0.15) is 0 Å². The van der Waals surface area contributed by atoms with E-state index in [1.54, 1.807) is 0 Å². The molecule has 1 aliphatic rings. The van der Waals surface area contributed by atoms with E-state index in [9.17, 15) is 0 Å². The second-order valence-electron chi connectivity index (χ2n) is 5.95. The van der Waals surface area contributed by atoms with Crippen LogP contribution in [-0.4, -0.2) is 31.6 Å². The van der Waals surface area contributed by atoms with Crippen molar-refractivity contribution in [1.29, 1.82) is 0 Å². The molecule has 1 saturated heterocycles. The van der Waals surface area contributed by atoms with Crippen molar-refractivity contribution in [1.82, 2.24) is 10.2 Å². The molecule has 2 rings (SSSR count). The van der Waals surface area contributed by atoms with Crippen LogP contribution in [0.2, 0.25) is 0 Å². The molecule has 1 aromatic carbocycles. The first-order valence-electron chi connectivity index (χ1n) is 7.70. The first kappa shape index (κ1) is 14.5. The maximum Gasteiger partial charge on any atom is 0.0385 e. The Hall–Kier alpha value is -0.860. The van der Waals surface area contributed by atoms with E-state index in [1.165, 1.54) is 36.9 Å². The van der Waals surface area contributed by atoms with Gasteiger partial charge in [-0.3, -0.25) is 4.90 Å². The number of nitrogens with one attached hydrogen (secondary N) is 1. The Bertz CT molecular complexity index is 389. The maximum atomic E-state index is 3.61. The summed E-state index contributed by atoms with van der Waals surface area (Å²) in [4.78, 5) is 2.54. The van der Waals surface area contributed by atoms with Crippen molar-refractivity contribution in [2.75, 3.05) is 26.7 Å². The number of likely N-dealkylation sites (tertiary alicyclic amines) is 1. The van der Waals surface area contributed by atoms with E-state index < -0.39 is 0 Å². The van der Waals surface area contributed by atoms with Crippen molar-refractivity contribution < 1.29 is 0 Å². The molecule has 2 nitrogen and oxygen atoms in total. The summed E-state index contributed by atoms with van der Waals surface area (Å²) in [6.07, 6.45) is 3.90. The number of benzene rings is 1. The number of hydrogen-bond donors (Lipinski definition) is 1. The minimum atomic E-state index is 0.581. The van der Waals surface area contributed by atoms with E-state index in [1.807, 2.05) is 0 Å². The normalized spacial score (nSPS) is 24.6. The third kappa shape index (κ3) is 3.80. The molecule has 0 spiro atoms. The van der Waals surface area contributed by atoms with Gasteiger partial charge in [0.1, 0.15) is 0 Å². The van der Waals surface area contributed by atoms with Crippen molar-refractivity contribution in [3.05, 3.63) is 35.4 Å². The van der Waals surface area contributed by atoms with Crippen LogP contribution in [0.4, 0.5) is 0 Å². The minimum Gasteiger partial charge on any atom is -0.316 e. The van der Waals surface area contributed by atoms with Gasteiger partial charge in [-0.1, -0.05) is 36.8 Å². The zero-order chi connectivity index (χ0) is 13.7. The summed E-state index contributed by atoms with van der Waals surface area (Å²) in [5.74, 6) is 0.743. The fourth-order valence-electron chi connectivity index (χ4n) is 3.32. The molecule has 19 heavy (non-hydrogen) atoms. The molecule has 0 amide bonds. The molecule has 1 aliphatic heterocycles. The molecule has 1 N–H and O–H groups in total. The quantitative estimate of drug-likeness (QED) is 0.817. The van der Waals surface area contributed by atoms with Crippen LogP contribution in [0.1, 0.15) is 43.4 Å². The van der Waals surface area contributed by atoms with E-state index in [0.717, 1.165) is 19.0 Å². The Balaban J connectivity index is 2.11. The largest absolute Gasteiger partial charge is 0.316 e. The number of hydrogen-bond acceptors (Lipinski definition) is 2. The molecule has 2 heteroatoms. The molecular formula is C17H28N2. The monoisotopic (exact) mass is 260 g/mol. The van der Waals surface area contributed by atoms with E-state index in [-0.39, 0.29) is 0 Å². The highest BCUT2D eigenvalue weighted by molar-refractivity contribution is 5.26. The molecule has 2 unspecified atom stereocenters. The first-order chi connectivity index (χ1) is 9.22. The van der Waals surface area contributed by atoms with Crippen molar-refractivity contribution in [3.63, 3.8) is 0 Å². The van der Waals surface area contributed by atoms with Crippen LogP contribution in [0.15, 0.2) is 24.3 Å². The Kier molecular flexibility index (Phi) is 5.41. The van der Waals surface area contributed by atoms with Crippen LogP contribution in [0.3, 0.4) is 0 Å². The van der Waals surface area contributed by atoms with Gasteiger partial charge in [0.05, 0.1) is 0 Å². The van der Waals surface area contributed by atoms with Gasteiger partial charge in [0.25, 0.3) is 0 Å². The van der Waals surface area contributed by atoms with Gasteiger partial charge >= 0.3 is 0 Å². The summed E-state index contributed by atoms with van der Waals surface area (Å²) < 4.78 is 0. The maximum absolute atomic E-state index is 3.61. The lowest BCUT2D eigenvalue weighted by atomic mass is 9.84. The second-order valence-corrected chi connectivity index (χ2v) is 5.95. The molecule has 2 atom stereocenters. The highest BCUT2D eigenvalue weighted by Gasteiger charge is 2.29. The molecule has 0 bridgehead atoms. The summed E-state index contributed by atoms with van der Waals surface area (Å²) in [6, 6.07) is 9.63. The molecule has 106 valence electrons. The fraction of sp³-hybridized carbons (Fsp3) is 0.647. The van der Waals surface area contributed by atoms with Gasteiger partial charge in [0, 0.05) is 6.04 Å². The first-order valence-corrected chi connectivity index (χ1v) is 7.70. The molecule has 0 saturated carbocycles. The summed E-state index contributed by atoms with van der Waals surface area (Å²) in [6.45, 7) is 7.94. The molecule has 0 radical (unpaired) electrons. The average molecular weight is 260 g/mol. The van der Waals surface area contributed by atoms with Crippen LogP contribution in [0.25, 0.3) is 0 Å². The number of rotatable bonds is 5. The van der Waals surface area contributed by atoms with Crippen molar-refractivity contribution in [2.45, 2.75) is 39.2 Å². The Labute approximate surface area is 118 Å². The van der Waals surface area contributed by atoms with Gasteiger partial charge in [-0.15, -0.1) is 0 Å². The summed E-state index contributed by atoms with van der Waals surface area (Å²) >= 11 is 0. The molecule has 0 aromatic heterocycles. The SMILES string of the molecule is CCCNCC1CCCN(C)C1c1cccc(C)c1. The number of piperidine rings is 1. The molecule has 1 fully saturated rings. The summed E-state index contributed by atoms with van der Waals surface area (Å²) in [7, 11) is 2.28. The molecular weight excluding hydrogens is 232 g/mol. The van der Waals surface area contributed by atoms with Crippen molar-refractivity contribution in [2.24, 2.45) is 5.92 Å². The van der Waals surface area contributed by atoms with Gasteiger partial charge in [0.2, 0.25) is 0 Å². The van der Waals surface area contributed by atoms with E-state index in [4.69, 9.17) is 0 Å². The number of nitrogens with zero attached hydrogens (tertiary/aromatic N) is 1.